The molecule has 1 unspecified atom stereocenters. The fourth-order valence-corrected chi connectivity index (χ4v) is 3.31. The van der Waals surface area contributed by atoms with Crippen LogP contribution in [0, 0.1) is 5.92 Å². The number of hydrogen-bond acceptors (Lipinski definition) is 3. The van der Waals surface area contributed by atoms with Crippen LogP contribution in [0.15, 0.2) is 24.3 Å². The van der Waals surface area contributed by atoms with E-state index in [-0.39, 0.29) is 23.8 Å². The SMILES string of the molecule is CCCCC(NC(=O)C1CCN(C(C)=O)CC1)c1ccc(OC)cc1. The molecule has 25 heavy (non-hydrogen) atoms. The first-order valence-electron chi connectivity index (χ1n) is 9.25. The first-order chi connectivity index (χ1) is 12.0. The Labute approximate surface area is 150 Å². The highest BCUT2D eigenvalue weighted by molar-refractivity contribution is 5.80. The molecule has 1 aliphatic rings. The van der Waals surface area contributed by atoms with E-state index in [1.165, 1.54) is 0 Å². The van der Waals surface area contributed by atoms with Gasteiger partial charge in [0.25, 0.3) is 0 Å². The van der Waals surface area contributed by atoms with Gasteiger partial charge in [-0.2, -0.15) is 0 Å². The monoisotopic (exact) mass is 346 g/mol. The van der Waals surface area contributed by atoms with Gasteiger partial charge >= 0.3 is 0 Å². The van der Waals surface area contributed by atoms with Crippen molar-refractivity contribution in [2.75, 3.05) is 20.2 Å². The highest BCUT2D eigenvalue weighted by Gasteiger charge is 2.27. The van der Waals surface area contributed by atoms with Gasteiger partial charge in [0.15, 0.2) is 0 Å². The first-order valence-corrected chi connectivity index (χ1v) is 9.25. The molecule has 5 nitrogen and oxygen atoms in total. The molecule has 2 rings (SSSR count). The lowest BCUT2D eigenvalue weighted by molar-refractivity contribution is -0.134. The van der Waals surface area contributed by atoms with Crippen LogP contribution in [0.1, 0.15) is 57.6 Å². The molecule has 1 aliphatic heterocycles. The Hall–Kier alpha value is -2.04. The van der Waals surface area contributed by atoms with Crippen LogP contribution in [-0.4, -0.2) is 36.9 Å². The van der Waals surface area contributed by atoms with Crippen LogP contribution in [0.3, 0.4) is 0 Å². The summed E-state index contributed by atoms with van der Waals surface area (Å²) in [6, 6.07) is 7.96. The zero-order valence-electron chi connectivity index (χ0n) is 15.6. The number of unbranched alkanes of at least 4 members (excludes halogenated alkanes) is 1. The van der Waals surface area contributed by atoms with Crippen LogP contribution in [-0.2, 0) is 9.59 Å². The van der Waals surface area contributed by atoms with Gasteiger partial charge in [-0.15, -0.1) is 0 Å². The molecule has 1 atom stereocenters. The zero-order valence-corrected chi connectivity index (χ0v) is 15.6. The van der Waals surface area contributed by atoms with Gasteiger partial charge < -0.3 is 15.0 Å². The molecular formula is C20H30N2O3. The minimum atomic E-state index is -0.00188. The Morgan fingerprint density at radius 3 is 2.40 bits per heavy atom. The Bertz CT molecular complexity index is 563. The molecule has 138 valence electrons. The van der Waals surface area contributed by atoms with Crippen LogP contribution >= 0.6 is 0 Å². The smallest absolute Gasteiger partial charge is 0.223 e. The molecule has 1 heterocycles. The lowest BCUT2D eigenvalue weighted by atomic mass is 9.94. The van der Waals surface area contributed by atoms with E-state index < -0.39 is 0 Å². The molecule has 0 aromatic heterocycles. The summed E-state index contributed by atoms with van der Waals surface area (Å²) < 4.78 is 5.22. The van der Waals surface area contributed by atoms with Crippen LogP contribution in [0.2, 0.25) is 0 Å². The fourth-order valence-electron chi connectivity index (χ4n) is 3.31. The number of ether oxygens (including phenoxy) is 1. The van der Waals surface area contributed by atoms with E-state index in [1.807, 2.05) is 29.2 Å². The number of likely N-dealkylation sites (tertiary alicyclic amines) is 1. The predicted octanol–water partition coefficient (Wildman–Crippen LogP) is 3.30. The van der Waals surface area contributed by atoms with Crippen molar-refractivity contribution < 1.29 is 14.3 Å². The molecular weight excluding hydrogens is 316 g/mol. The summed E-state index contributed by atoms with van der Waals surface area (Å²) in [5.74, 6) is 1.02. The molecule has 0 radical (unpaired) electrons. The molecule has 1 fully saturated rings. The van der Waals surface area contributed by atoms with Crippen molar-refractivity contribution >= 4 is 11.8 Å². The summed E-state index contributed by atoms with van der Waals surface area (Å²) >= 11 is 0. The van der Waals surface area contributed by atoms with Crippen molar-refractivity contribution in [2.45, 2.75) is 52.0 Å². The number of methoxy groups -OCH3 is 1. The Morgan fingerprint density at radius 2 is 1.88 bits per heavy atom. The lowest BCUT2D eigenvalue weighted by Crippen LogP contribution is -2.43. The van der Waals surface area contributed by atoms with Crippen LogP contribution in [0.5, 0.6) is 5.75 Å². The van der Waals surface area contributed by atoms with E-state index in [0.29, 0.717) is 13.1 Å². The lowest BCUT2D eigenvalue weighted by Gasteiger charge is -2.31. The van der Waals surface area contributed by atoms with Crippen molar-refractivity contribution in [1.29, 1.82) is 0 Å². The average Bonchev–Trinajstić information content (AvgIpc) is 2.65. The molecule has 0 spiro atoms. The summed E-state index contributed by atoms with van der Waals surface area (Å²) in [6.07, 6.45) is 4.59. The summed E-state index contributed by atoms with van der Waals surface area (Å²) in [5, 5.41) is 3.24. The third kappa shape index (κ3) is 5.48. The molecule has 1 aromatic carbocycles. The number of nitrogens with zero attached hydrogens (tertiary/aromatic N) is 1. The number of rotatable bonds is 7. The van der Waals surface area contributed by atoms with Gasteiger partial charge in [-0.25, -0.2) is 0 Å². The molecule has 0 bridgehead atoms. The van der Waals surface area contributed by atoms with E-state index in [4.69, 9.17) is 4.74 Å². The van der Waals surface area contributed by atoms with E-state index in [1.54, 1.807) is 14.0 Å². The third-order valence-electron chi connectivity index (χ3n) is 4.99. The van der Waals surface area contributed by atoms with Crippen LogP contribution in [0.25, 0.3) is 0 Å². The van der Waals surface area contributed by atoms with Crippen LogP contribution in [0.4, 0.5) is 0 Å². The number of amides is 2. The molecule has 1 saturated heterocycles. The Morgan fingerprint density at radius 1 is 1.24 bits per heavy atom. The average molecular weight is 346 g/mol. The van der Waals surface area contributed by atoms with E-state index in [9.17, 15) is 9.59 Å². The largest absolute Gasteiger partial charge is 0.497 e. The second-order valence-corrected chi connectivity index (χ2v) is 6.76. The van der Waals surface area contributed by atoms with Gasteiger partial charge in [0, 0.05) is 25.9 Å². The molecule has 0 saturated carbocycles. The molecule has 1 N–H and O–H groups in total. The predicted molar refractivity (Wildman–Crippen MR) is 98.4 cm³/mol. The van der Waals surface area contributed by atoms with Gasteiger partial charge in [0.1, 0.15) is 5.75 Å². The highest BCUT2D eigenvalue weighted by atomic mass is 16.5. The van der Waals surface area contributed by atoms with Crippen molar-refractivity contribution in [3.63, 3.8) is 0 Å². The maximum atomic E-state index is 12.7. The van der Waals surface area contributed by atoms with Crippen molar-refractivity contribution in [2.24, 2.45) is 5.92 Å². The van der Waals surface area contributed by atoms with Crippen molar-refractivity contribution in [3.05, 3.63) is 29.8 Å². The zero-order chi connectivity index (χ0) is 18.2. The van der Waals surface area contributed by atoms with Gasteiger partial charge in [-0.05, 0) is 37.0 Å². The standard InChI is InChI=1S/C20H30N2O3/c1-4-5-6-19(16-7-9-18(25-3)10-8-16)21-20(24)17-11-13-22(14-12-17)15(2)23/h7-10,17,19H,4-6,11-14H2,1-3H3,(H,21,24). The topological polar surface area (TPSA) is 58.6 Å². The summed E-state index contributed by atoms with van der Waals surface area (Å²) in [6.45, 7) is 5.10. The van der Waals surface area contributed by atoms with E-state index >= 15 is 0 Å². The maximum Gasteiger partial charge on any atom is 0.223 e. The Balaban J connectivity index is 1.98. The third-order valence-corrected chi connectivity index (χ3v) is 4.99. The van der Waals surface area contributed by atoms with Gasteiger partial charge in [-0.3, -0.25) is 9.59 Å². The molecule has 1 aromatic rings. The number of piperidine rings is 1. The summed E-state index contributed by atoms with van der Waals surface area (Å²) in [5.41, 5.74) is 1.11. The Kier molecular flexibility index (Phi) is 7.29. The van der Waals surface area contributed by atoms with E-state index in [0.717, 1.165) is 43.4 Å². The van der Waals surface area contributed by atoms with Crippen molar-refractivity contribution in [3.8, 4) is 5.75 Å². The molecule has 5 heteroatoms. The van der Waals surface area contributed by atoms with Crippen molar-refractivity contribution in [1.82, 2.24) is 10.2 Å². The van der Waals surface area contributed by atoms with Gasteiger partial charge in [0.05, 0.1) is 13.2 Å². The number of carbonyl (C=O) groups is 2. The number of carbonyl (C=O) groups excluding carboxylic acids is 2. The summed E-state index contributed by atoms with van der Waals surface area (Å²) in [4.78, 5) is 26.0. The fraction of sp³-hybridized carbons (Fsp3) is 0.600. The maximum absolute atomic E-state index is 12.7. The molecule has 2 amide bonds. The second-order valence-electron chi connectivity index (χ2n) is 6.76. The first kappa shape index (κ1) is 19.3. The minimum Gasteiger partial charge on any atom is -0.497 e. The molecule has 0 aliphatic carbocycles. The van der Waals surface area contributed by atoms with Gasteiger partial charge in [-0.1, -0.05) is 31.9 Å². The van der Waals surface area contributed by atoms with Crippen LogP contribution < -0.4 is 10.1 Å². The second kappa shape index (κ2) is 9.44. The highest BCUT2D eigenvalue weighted by Crippen LogP contribution is 2.24. The summed E-state index contributed by atoms with van der Waals surface area (Å²) in [7, 11) is 1.65. The normalized spacial score (nSPS) is 16.4. The minimum absolute atomic E-state index is 0.00188. The quantitative estimate of drug-likeness (QED) is 0.824. The number of nitrogens with one attached hydrogen (secondary N) is 1. The van der Waals surface area contributed by atoms with Gasteiger partial charge in [0.2, 0.25) is 11.8 Å². The number of hydrogen-bond donors (Lipinski definition) is 1. The van der Waals surface area contributed by atoms with E-state index in [2.05, 4.69) is 12.2 Å². The number of benzene rings is 1.